The summed E-state index contributed by atoms with van der Waals surface area (Å²) in [6.45, 7) is 8.71. The molecule has 0 saturated heterocycles. The van der Waals surface area contributed by atoms with Crippen LogP contribution in [0.1, 0.15) is 13.8 Å². The summed E-state index contributed by atoms with van der Waals surface area (Å²) in [7, 11) is -3.53. The second-order valence-electron chi connectivity index (χ2n) is 7.02. The molecule has 0 bridgehead atoms. The van der Waals surface area contributed by atoms with Crippen LogP contribution >= 0.6 is 11.8 Å². The van der Waals surface area contributed by atoms with E-state index in [0.717, 1.165) is 5.56 Å². The van der Waals surface area contributed by atoms with E-state index in [1.165, 1.54) is 28.2 Å². The standard InChI is InChI=1S/C23H27N5O3S2/c1-4-16-28-22(18-10-8-7-9-11-18)25-26-23(28)32-17-21(29)24-19-12-14-20(15-13-19)33(30,31)27(5-2)6-3/h4,7-15H,1,5-6,16-17H2,2-3H3,(H,24,29). The van der Waals surface area contributed by atoms with Crippen LogP contribution in [-0.2, 0) is 21.4 Å². The molecule has 1 N–H and O–H groups in total. The molecule has 0 radical (unpaired) electrons. The van der Waals surface area contributed by atoms with E-state index < -0.39 is 10.0 Å². The first-order valence-electron chi connectivity index (χ1n) is 10.5. The number of hydrogen-bond acceptors (Lipinski definition) is 6. The summed E-state index contributed by atoms with van der Waals surface area (Å²) in [5.41, 5.74) is 1.46. The summed E-state index contributed by atoms with van der Waals surface area (Å²) in [4.78, 5) is 12.7. The van der Waals surface area contributed by atoms with Crippen LogP contribution in [0.5, 0.6) is 0 Å². The van der Waals surface area contributed by atoms with Gasteiger partial charge in [0.25, 0.3) is 0 Å². The highest BCUT2D eigenvalue weighted by molar-refractivity contribution is 7.99. The summed E-state index contributed by atoms with van der Waals surface area (Å²) < 4.78 is 28.5. The maximum Gasteiger partial charge on any atom is 0.243 e. The zero-order valence-electron chi connectivity index (χ0n) is 18.6. The summed E-state index contributed by atoms with van der Waals surface area (Å²) >= 11 is 1.27. The van der Waals surface area contributed by atoms with Crippen LogP contribution in [0, 0.1) is 0 Å². The van der Waals surface area contributed by atoms with Gasteiger partial charge in [0, 0.05) is 30.9 Å². The minimum atomic E-state index is -3.53. The lowest BCUT2D eigenvalue weighted by Gasteiger charge is -2.18. The van der Waals surface area contributed by atoms with Crippen LogP contribution in [-0.4, -0.2) is 52.2 Å². The Hall–Kier alpha value is -2.95. The van der Waals surface area contributed by atoms with E-state index in [-0.39, 0.29) is 16.6 Å². The molecular weight excluding hydrogens is 458 g/mol. The van der Waals surface area contributed by atoms with Crippen LogP contribution in [0.25, 0.3) is 11.4 Å². The fourth-order valence-electron chi connectivity index (χ4n) is 3.24. The van der Waals surface area contributed by atoms with Gasteiger partial charge in [0.15, 0.2) is 11.0 Å². The van der Waals surface area contributed by atoms with Gasteiger partial charge in [-0.2, -0.15) is 4.31 Å². The number of thioether (sulfide) groups is 1. The molecule has 0 aliphatic carbocycles. The van der Waals surface area contributed by atoms with E-state index in [2.05, 4.69) is 22.1 Å². The molecule has 1 aromatic heterocycles. The van der Waals surface area contributed by atoms with Gasteiger partial charge in [0.05, 0.1) is 10.6 Å². The van der Waals surface area contributed by atoms with Crippen molar-refractivity contribution in [1.82, 2.24) is 19.1 Å². The van der Waals surface area contributed by atoms with Crippen molar-refractivity contribution >= 4 is 33.4 Å². The van der Waals surface area contributed by atoms with Gasteiger partial charge in [-0.15, -0.1) is 16.8 Å². The Labute approximate surface area is 198 Å². The van der Waals surface area contributed by atoms with E-state index >= 15 is 0 Å². The van der Waals surface area contributed by atoms with E-state index in [1.54, 1.807) is 32.1 Å². The summed E-state index contributed by atoms with van der Waals surface area (Å²) in [5.74, 6) is 0.612. The van der Waals surface area contributed by atoms with Crippen LogP contribution in [0.3, 0.4) is 0 Å². The molecule has 10 heteroatoms. The molecule has 3 aromatic rings. The third-order valence-corrected chi connectivity index (χ3v) is 7.91. The number of nitrogens with zero attached hydrogens (tertiary/aromatic N) is 4. The topological polar surface area (TPSA) is 97.2 Å². The molecule has 0 saturated carbocycles. The second kappa shape index (κ2) is 11.3. The quantitative estimate of drug-likeness (QED) is 0.327. The molecule has 0 atom stereocenters. The predicted octanol–water partition coefficient (Wildman–Crippen LogP) is 3.89. The first-order valence-corrected chi connectivity index (χ1v) is 13.0. The highest BCUT2D eigenvalue weighted by atomic mass is 32.2. The summed E-state index contributed by atoms with van der Waals surface area (Å²) in [5, 5.41) is 11.9. The third kappa shape index (κ3) is 5.89. The number of sulfonamides is 1. The molecule has 0 fully saturated rings. The number of benzene rings is 2. The number of rotatable bonds is 11. The first kappa shape index (κ1) is 24.7. The van der Waals surface area contributed by atoms with Gasteiger partial charge in [-0.3, -0.25) is 9.36 Å². The van der Waals surface area contributed by atoms with Gasteiger partial charge in [0.2, 0.25) is 15.9 Å². The largest absolute Gasteiger partial charge is 0.325 e. The predicted molar refractivity (Wildman–Crippen MR) is 132 cm³/mol. The molecule has 0 unspecified atom stereocenters. The van der Waals surface area contributed by atoms with E-state index in [1.807, 2.05) is 34.9 Å². The zero-order chi connectivity index (χ0) is 23.8. The summed E-state index contributed by atoms with van der Waals surface area (Å²) in [6.07, 6.45) is 1.76. The lowest BCUT2D eigenvalue weighted by Crippen LogP contribution is -2.30. The van der Waals surface area contributed by atoms with Crippen LogP contribution in [0.2, 0.25) is 0 Å². The molecule has 33 heavy (non-hydrogen) atoms. The average Bonchev–Trinajstić information content (AvgIpc) is 3.22. The second-order valence-corrected chi connectivity index (χ2v) is 9.90. The van der Waals surface area contributed by atoms with Crippen molar-refractivity contribution in [3.8, 4) is 11.4 Å². The lowest BCUT2D eigenvalue weighted by molar-refractivity contribution is -0.113. The normalized spacial score (nSPS) is 11.5. The maximum absolute atomic E-state index is 12.6. The minimum Gasteiger partial charge on any atom is -0.325 e. The van der Waals surface area contributed by atoms with Crippen LogP contribution < -0.4 is 5.32 Å². The number of anilines is 1. The molecule has 2 aromatic carbocycles. The third-order valence-electron chi connectivity index (χ3n) is 4.87. The van der Waals surface area contributed by atoms with Crippen molar-refractivity contribution in [2.75, 3.05) is 24.2 Å². The minimum absolute atomic E-state index is 0.129. The first-order chi connectivity index (χ1) is 15.9. The van der Waals surface area contributed by atoms with Crippen molar-refractivity contribution in [2.45, 2.75) is 30.4 Å². The Morgan fingerprint density at radius 3 is 2.36 bits per heavy atom. The van der Waals surface area contributed by atoms with Gasteiger partial charge < -0.3 is 5.32 Å². The Kier molecular flexibility index (Phi) is 8.43. The van der Waals surface area contributed by atoms with Crippen molar-refractivity contribution in [1.29, 1.82) is 0 Å². The Morgan fingerprint density at radius 1 is 1.09 bits per heavy atom. The fraction of sp³-hybridized carbons (Fsp3) is 0.261. The number of carbonyl (C=O) groups is 1. The summed E-state index contributed by atoms with van der Waals surface area (Å²) in [6, 6.07) is 15.9. The maximum atomic E-state index is 12.6. The monoisotopic (exact) mass is 485 g/mol. The number of hydrogen-bond donors (Lipinski definition) is 1. The van der Waals surface area contributed by atoms with E-state index in [4.69, 9.17) is 0 Å². The van der Waals surface area contributed by atoms with Crippen LogP contribution in [0.4, 0.5) is 5.69 Å². The van der Waals surface area contributed by atoms with Crippen molar-refractivity contribution in [3.05, 3.63) is 67.3 Å². The number of nitrogens with one attached hydrogen (secondary N) is 1. The fourth-order valence-corrected chi connectivity index (χ4v) is 5.45. The average molecular weight is 486 g/mol. The molecule has 3 rings (SSSR count). The van der Waals surface area contributed by atoms with Crippen molar-refractivity contribution in [2.24, 2.45) is 0 Å². The van der Waals surface area contributed by atoms with Gasteiger partial charge >= 0.3 is 0 Å². The highest BCUT2D eigenvalue weighted by Crippen LogP contribution is 2.24. The lowest BCUT2D eigenvalue weighted by atomic mass is 10.2. The molecule has 8 nitrogen and oxygen atoms in total. The SMILES string of the molecule is C=CCn1c(SCC(=O)Nc2ccc(S(=O)(=O)N(CC)CC)cc2)nnc1-c1ccccc1. The molecule has 0 spiro atoms. The van der Waals surface area contributed by atoms with E-state index in [9.17, 15) is 13.2 Å². The number of amides is 1. The van der Waals surface area contributed by atoms with Gasteiger partial charge in [-0.1, -0.05) is 62.0 Å². The Bertz CT molecular complexity index is 1190. The number of carbonyl (C=O) groups excluding carboxylic acids is 1. The van der Waals surface area contributed by atoms with Gasteiger partial charge in [0.1, 0.15) is 0 Å². The van der Waals surface area contributed by atoms with Crippen molar-refractivity contribution in [3.63, 3.8) is 0 Å². The molecule has 0 aliphatic heterocycles. The van der Waals surface area contributed by atoms with E-state index in [0.29, 0.717) is 36.3 Å². The molecule has 1 amide bonds. The number of allylic oxidation sites excluding steroid dienone is 1. The highest BCUT2D eigenvalue weighted by Gasteiger charge is 2.21. The Balaban J connectivity index is 1.65. The van der Waals surface area contributed by atoms with Crippen LogP contribution in [0.15, 0.2) is 77.3 Å². The van der Waals surface area contributed by atoms with Gasteiger partial charge in [-0.05, 0) is 24.3 Å². The van der Waals surface area contributed by atoms with Crippen molar-refractivity contribution < 1.29 is 13.2 Å². The molecular formula is C23H27N5O3S2. The smallest absolute Gasteiger partial charge is 0.243 e. The molecule has 1 heterocycles. The van der Waals surface area contributed by atoms with Gasteiger partial charge in [-0.25, -0.2) is 8.42 Å². The Morgan fingerprint density at radius 2 is 1.76 bits per heavy atom. The molecule has 174 valence electrons. The zero-order valence-corrected chi connectivity index (χ0v) is 20.3. The molecule has 0 aliphatic rings. The number of aromatic nitrogens is 3.